The molecule has 1 aliphatic heterocycles. The number of imide groups is 1. The van der Waals surface area contributed by atoms with Gasteiger partial charge >= 0.3 is 0 Å². The summed E-state index contributed by atoms with van der Waals surface area (Å²) in [4.78, 5) is 54.5. The minimum Gasteiger partial charge on any atom is -0.390 e. The minimum absolute atomic E-state index is 0.0390. The summed E-state index contributed by atoms with van der Waals surface area (Å²) in [7, 11) is 2.16. The van der Waals surface area contributed by atoms with Crippen LogP contribution in [-0.2, 0) is 35.6 Å². The second-order valence-corrected chi connectivity index (χ2v) is 14.3. The number of hydrogen-bond acceptors (Lipinski definition) is 9. The largest absolute Gasteiger partial charge is 0.390 e. The van der Waals surface area contributed by atoms with Crippen LogP contribution in [0.3, 0.4) is 0 Å². The number of rotatable bonds is 17. The van der Waals surface area contributed by atoms with E-state index in [9.17, 15) is 19.5 Å². The molecule has 0 spiro atoms. The van der Waals surface area contributed by atoms with Crippen LogP contribution in [0.5, 0.6) is 0 Å². The summed E-state index contributed by atoms with van der Waals surface area (Å²) in [6.45, 7) is 7.89. The molecule has 0 saturated carbocycles. The van der Waals surface area contributed by atoms with Crippen molar-refractivity contribution in [3.8, 4) is 0 Å². The number of benzene rings is 1. The van der Waals surface area contributed by atoms with Crippen molar-refractivity contribution in [3.63, 3.8) is 0 Å². The van der Waals surface area contributed by atoms with Crippen LogP contribution < -0.4 is 10.2 Å². The van der Waals surface area contributed by atoms with Gasteiger partial charge in [-0.2, -0.15) is 0 Å². The lowest BCUT2D eigenvalue weighted by Crippen LogP contribution is -2.45. The van der Waals surface area contributed by atoms with Gasteiger partial charge in [-0.1, -0.05) is 24.3 Å². The summed E-state index contributed by atoms with van der Waals surface area (Å²) in [5, 5.41) is 13.9. The number of anilines is 1. The molecule has 4 aromatic rings. The Morgan fingerprint density at radius 1 is 1.02 bits per heavy atom. The van der Waals surface area contributed by atoms with E-state index in [0.717, 1.165) is 110 Å². The molecule has 282 valence electrons. The van der Waals surface area contributed by atoms with E-state index >= 15 is 0 Å². The summed E-state index contributed by atoms with van der Waals surface area (Å²) in [5.41, 5.74) is 6.57. The molecule has 0 bridgehead atoms. The number of aliphatic hydroxyl groups is 1. The zero-order valence-electron chi connectivity index (χ0n) is 31.3. The Kier molecular flexibility index (Phi) is 13.2. The van der Waals surface area contributed by atoms with Crippen molar-refractivity contribution < 1.29 is 19.5 Å². The summed E-state index contributed by atoms with van der Waals surface area (Å²) >= 11 is 0. The number of nitrogens with one attached hydrogen (secondary N) is 1. The Morgan fingerprint density at radius 3 is 2.58 bits per heavy atom. The standard InChI is InChI=1S/C41H54N8O4/c1-3-46(30-51)41(53)33-19-17-31(18-20-33)10-6-15-38(52)42-21-4-5-23-48(35-13-7-11-32-12-9-22-43-40(32)35)28-34-36(29-50)49-37(44-34)14-8-16-39(49)47-26-24-45(2)25-27-47/h8-9,12,14,16-20,22,30,35,50H,3-7,10-11,13,15,21,23-29H2,1-2H3,(H,42,52)/t35-/m0/s1. The molecular weight excluding hydrogens is 669 g/mol. The number of imidazole rings is 1. The molecule has 2 N–H and O–H groups in total. The molecule has 1 aliphatic carbocycles. The second-order valence-electron chi connectivity index (χ2n) is 14.3. The topological polar surface area (TPSA) is 127 Å². The molecule has 0 unspecified atom stereocenters. The number of aromatic nitrogens is 3. The number of hydrogen-bond donors (Lipinski definition) is 2. The highest BCUT2D eigenvalue weighted by atomic mass is 16.3. The number of carbonyl (C=O) groups is 3. The van der Waals surface area contributed by atoms with Gasteiger partial charge in [-0.3, -0.25) is 33.6 Å². The molecule has 53 heavy (non-hydrogen) atoms. The highest BCUT2D eigenvalue weighted by Crippen LogP contribution is 2.35. The van der Waals surface area contributed by atoms with Gasteiger partial charge in [0.25, 0.3) is 5.91 Å². The van der Waals surface area contributed by atoms with Crippen molar-refractivity contribution in [1.82, 2.24) is 34.4 Å². The van der Waals surface area contributed by atoms with Crippen LogP contribution in [0.1, 0.15) is 90.1 Å². The maximum absolute atomic E-state index is 12.7. The summed E-state index contributed by atoms with van der Waals surface area (Å²) in [6.07, 6.45) is 9.22. The predicted molar refractivity (Wildman–Crippen MR) is 206 cm³/mol. The molecule has 6 rings (SSSR count). The van der Waals surface area contributed by atoms with Crippen LogP contribution in [0.2, 0.25) is 0 Å². The average molecular weight is 723 g/mol. The van der Waals surface area contributed by atoms with Crippen molar-refractivity contribution >= 4 is 29.7 Å². The molecule has 1 fully saturated rings. The van der Waals surface area contributed by atoms with Crippen LogP contribution in [0.25, 0.3) is 5.65 Å². The molecule has 2 aliphatic rings. The van der Waals surface area contributed by atoms with Gasteiger partial charge in [0.2, 0.25) is 12.3 Å². The number of likely N-dealkylation sites (N-methyl/N-ethyl adjacent to an activating group) is 1. The minimum atomic E-state index is -0.308. The van der Waals surface area contributed by atoms with Gasteiger partial charge in [0, 0.05) is 64.0 Å². The zero-order valence-corrected chi connectivity index (χ0v) is 31.3. The Bertz CT molecular complexity index is 1840. The summed E-state index contributed by atoms with van der Waals surface area (Å²) in [6, 6.07) is 17.9. The first-order valence-corrected chi connectivity index (χ1v) is 19.2. The van der Waals surface area contributed by atoms with Gasteiger partial charge in [0.05, 0.1) is 29.7 Å². The third-order valence-electron chi connectivity index (χ3n) is 10.7. The summed E-state index contributed by atoms with van der Waals surface area (Å²) in [5.74, 6) is 0.809. The van der Waals surface area contributed by atoms with E-state index in [1.165, 1.54) is 5.56 Å². The van der Waals surface area contributed by atoms with E-state index in [1.54, 1.807) is 19.1 Å². The van der Waals surface area contributed by atoms with Crippen LogP contribution >= 0.6 is 0 Å². The zero-order chi connectivity index (χ0) is 37.2. The predicted octanol–water partition coefficient (Wildman–Crippen LogP) is 4.39. The maximum atomic E-state index is 12.7. The number of nitrogens with zero attached hydrogens (tertiary/aromatic N) is 7. The van der Waals surface area contributed by atoms with Gasteiger partial charge in [0.1, 0.15) is 11.5 Å². The first kappa shape index (κ1) is 38.1. The average Bonchev–Trinajstić information content (AvgIpc) is 3.55. The SMILES string of the molecule is CCN(C=O)C(=O)c1ccc(CCCC(=O)NCCCCN(Cc2nc3cccc(N4CCN(C)CC4)n3c2CO)[C@H]2CCCc3cccnc32)cc1. The van der Waals surface area contributed by atoms with E-state index in [-0.39, 0.29) is 24.5 Å². The van der Waals surface area contributed by atoms with Gasteiger partial charge in [-0.25, -0.2) is 4.98 Å². The Morgan fingerprint density at radius 2 is 1.83 bits per heavy atom. The molecule has 4 heterocycles. The van der Waals surface area contributed by atoms with Crippen LogP contribution in [0.4, 0.5) is 5.82 Å². The fraction of sp³-hybridized carbons (Fsp3) is 0.488. The van der Waals surface area contributed by atoms with E-state index < -0.39 is 0 Å². The molecule has 1 saturated heterocycles. The number of piperazine rings is 1. The van der Waals surface area contributed by atoms with Crippen molar-refractivity contribution in [2.24, 2.45) is 0 Å². The second kappa shape index (κ2) is 18.4. The lowest BCUT2D eigenvalue weighted by atomic mass is 9.90. The van der Waals surface area contributed by atoms with Crippen molar-refractivity contribution in [2.75, 3.05) is 57.8 Å². The van der Waals surface area contributed by atoms with Crippen molar-refractivity contribution in [1.29, 1.82) is 0 Å². The fourth-order valence-electron chi connectivity index (χ4n) is 7.69. The first-order chi connectivity index (χ1) is 25.9. The third-order valence-corrected chi connectivity index (χ3v) is 10.7. The molecule has 12 heteroatoms. The van der Waals surface area contributed by atoms with E-state index in [1.807, 2.05) is 30.5 Å². The first-order valence-electron chi connectivity index (χ1n) is 19.2. The van der Waals surface area contributed by atoms with Crippen LogP contribution in [0, 0.1) is 0 Å². The molecule has 1 atom stereocenters. The number of pyridine rings is 2. The van der Waals surface area contributed by atoms with E-state index in [0.29, 0.717) is 44.4 Å². The van der Waals surface area contributed by atoms with Gasteiger partial charge < -0.3 is 20.2 Å². The highest BCUT2D eigenvalue weighted by molar-refractivity contribution is 5.99. The number of carbonyl (C=O) groups excluding carboxylic acids is 3. The number of aliphatic hydroxyl groups excluding tert-OH is 1. The maximum Gasteiger partial charge on any atom is 0.260 e. The highest BCUT2D eigenvalue weighted by Gasteiger charge is 2.29. The van der Waals surface area contributed by atoms with Gasteiger partial charge in [-0.05, 0) is 107 Å². The number of fused-ring (bicyclic) bond motifs is 2. The number of amides is 3. The number of unbranched alkanes of at least 4 members (excludes halogenated alkanes) is 1. The molecular formula is C41H54N8O4. The van der Waals surface area contributed by atoms with Crippen molar-refractivity contribution in [3.05, 3.63) is 94.6 Å². The van der Waals surface area contributed by atoms with Gasteiger partial charge in [-0.15, -0.1) is 0 Å². The van der Waals surface area contributed by atoms with Crippen LogP contribution in [0.15, 0.2) is 60.8 Å². The van der Waals surface area contributed by atoms with Crippen molar-refractivity contribution in [2.45, 2.75) is 77.5 Å². The van der Waals surface area contributed by atoms with Gasteiger partial charge in [0.15, 0.2) is 0 Å². The Balaban J connectivity index is 1.05. The lowest BCUT2D eigenvalue weighted by molar-refractivity contribution is -0.121. The Labute approximate surface area is 312 Å². The monoisotopic (exact) mass is 722 g/mol. The number of aryl methyl sites for hydroxylation is 2. The molecule has 1 aromatic carbocycles. The normalized spacial score (nSPS) is 16.2. The lowest BCUT2D eigenvalue weighted by Gasteiger charge is -2.35. The molecule has 12 nitrogen and oxygen atoms in total. The molecule has 3 aromatic heterocycles. The smallest absolute Gasteiger partial charge is 0.260 e. The molecule has 0 radical (unpaired) electrons. The Hall–Kier alpha value is -4.65. The molecule has 3 amide bonds. The third kappa shape index (κ3) is 9.30. The summed E-state index contributed by atoms with van der Waals surface area (Å²) < 4.78 is 2.15. The quantitative estimate of drug-likeness (QED) is 0.121. The van der Waals surface area contributed by atoms with E-state index in [4.69, 9.17) is 9.97 Å². The fourth-order valence-corrected chi connectivity index (χ4v) is 7.69. The van der Waals surface area contributed by atoms with Crippen LogP contribution in [-0.4, -0.2) is 105 Å². The van der Waals surface area contributed by atoms with E-state index in [2.05, 4.69) is 49.7 Å².